The highest BCUT2D eigenvalue weighted by Gasteiger charge is 2.33. The molecule has 1 atom stereocenters. The van der Waals surface area contributed by atoms with Crippen LogP contribution in [0.5, 0.6) is 0 Å². The van der Waals surface area contributed by atoms with Crippen LogP contribution in [0, 0.1) is 20.8 Å². The Hall–Kier alpha value is -3.36. The molecule has 3 aromatic rings. The molecule has 40 heavy (non-hydrogen) atoms. The normalized spacial score (nSPS) is 12.5. The third-order valence-corrected chi connectivity index (χ3v) is 8.79. The molecule has 0 aliphatic carbocycles. The molecular formula is C31H38ClN3O4S. The van der Waals surface area contributed by atoms with Gasteiger partial charge in [0.05, 0.1) is 10.6 Å². The fraction of sp³-hybridized carbons (Fsp3) is 0.355. The molecule has 3 aromatic carbocycles. The number of rotatable bonds is 9. The summed E-state index contributed by atoms with van der Waals surface area (Å²) in [4.78, 5) is 28.7. The highest BCUT2D eigenvalue weighted by Crippen LogP contribution is 2.27. The van der Waals surface area contributed by atoms with Gasteiger partial charge in [-0.05, 0) is 95.5 Å². The molecule has 9 heteroatoms. The van der Waals surface area contributed by atoms with Crippen LogP contribution >= 0.6 is 11.6 Å². The van der Waals surface area contributed by atoms with E-state index in [9.17, 15) is 18.0 Å². The van der Waals surface area contributed by atoms with Crippen molar-refractivity contribution in [2.45, 2.75) is 71.5 Å². The number of nitrogens with zero attached hydrogens (tertiary/aromatic N) is 2. The van der Waals surface area contributed by atoms with E-state index in [-0.39, 0.29) is 17.3 Å². The minimum Gasteiger partial charge on any atom is -0.350 e. The van der Waals surface area contributed by atoms with E-state index in [1.165, 1.54) is 17.0 Å². The molecule has 0 spiro atoms. The van der Waals surface area contributed by atoms with Crippen molar-refractivity contribution in [3.05, 3.63) is 94.0 Å². The number of hydrogen-bond acceptors (Lipinski definition) is 4. The Bertz CT molecular complexity index is 1480. The first kappa shape index (κ1) is 31.2. The summed E-state index contributed by atoms with van der Waals surface area (Å²) in [7, 11) is -4.13. The lowest BCUT2D eigenvalue weighted by Gasteiger charge is -2.33. The number of carbonyl (C=O) groups excluding carboxylic acids is 2. The van der Waals surface area contributed by atoms with Crippen LogP contribution in [0.25, 0.3) is 0 Å². The monoisotopic (exact) mass is 583 g/mol. The van der Waals surface area contributed by atoms with Gasteiger partial charge in [0, 0.05) is 17.1 Å². The summed E-state index contributed by atoms with van der Waals surface area (Å²) in [5.74, 6) is -0.891. The third-order valence-electron chi connectivity index (χ3n) is 6.63. The van der Waals surface area contributed by atoms with Crippen LogP contribution in [0.15, 0.2) is 71.6 Å². The van der Waals surface area contributed by atoms with Crippen molar-refractivity contribution in [2.75, 3.05) is 10.8 Å². The van der Waals surface area contributed by atoms with E-state index in [1.54, 1.807) is 55.5 Å². The topological polar surface area (TPSA) is 86.8 Å². The van der Waals surface area contributed by atoms with Gasteiger partial charge in [-0.3, -0.25) is 13.9 Å². The van der Waals surface area contributed by atoms with E-state index in [4.69, 9.17) is 11.6 Å². The van der Waals surface area contributed by atoms with Crippen molar-refractivity contribution < 1.29 is 18.0 Å². The number of carbonyl (C=O) groups is 2. The lowest BCUT2D eigenvalue weighted by atomic mass is 10.1. The maximum absolute atomic E-state index is 14.0. The Labute approximate surface area is 243 Å². The second-order valence-electron chi connectivity index (χ2n) is 11.1. The average Bonchev–Trinajstić information content (AvgIpc) is 2.87. The molecule has 0 fully saturated rings. The van der Waals surface area contributed by atoms with E-state index in [1.807, 2.05) is 47.6 Å². The molecular weight excluding hydrogens is 546 g/mol. The van der Waals surface area contributed by atoms with Crippen LogP contribution in [0.2, 0.25) is 5.02 Å². The molecule has 0 heterocycles. The van der Waals surface area contributed by atoms with E-state index in [2.05, 4.69) is 5.32 Å². The molecule has 0 aliphatic heterocycles. The predicted molar refractivity (Wildman–Crippen MR) is 161 cm³/mol. The summed E-state index contributed by atoms with van der Waals surface area (Å²) in [6.45, 7) is 12.4. The van der Waals surface area contributed by atoms with Crippen LogP contribution in [0.3, 0.4) is 0 Å². The SMILES string of the molecule is Cc1ccc(S(=O)(=O)N(CC(=O)N(Cc2ccccc2Cl)[C@H](C)C(=O)NC(C)(C)C)c2ccc(C)c(C)c2)cc1. The number of halogens is 1. The molecule has 214 valence electrons. The molecule has 1 N–H and O–H groups in total. The molecule has 0 saturated carbocycles. The summed E-state index contributed by atoms with van der Waals surface area (Å²) in [5.41, 5.74) is 3.28. The first-order chi connectivity index (χ1) is 18.6. The van der Waals surface area contributed by atoms with Crippen molar-refractivity contribution >= 4 is 39.1 Å². The lowest BCUT2D eigenvalue weighted by molar-refractivity contribution is -0.140. The lowest BCUT2D eigenvalue weighted by Crippen LogP contribution is -2.54. The van der Waals surface area contributed by atoms with E-state index < -0.39 is 34.1 Å². The molecule has 0 radical (unpaired) electrons. The molecule has 3 rings (SSSR count). The fourth-order valence-electron chi connectivity index (χ4n) is 4.11. The van der Waals surface area contributed by atoms with Crippen molar-refractivity contribution in [1.29, 1.82) is 0 Å². The summed E-state index contributed by atoms with van der Waals surface area (Å²) < 4.78 is 29.0. The maximum atomic E-state index is 14.0. The number of nitrogens with one attached hydrogen (secondary N) is 1. The molecule has 0 unspecified atom stereocenters. The number of aryl methyl sites for hydroxylation is 3. The average molecular weight is 584 g/mol. The Morgan fingerprint density at radius 3 is 2.12 bits per heavy atom. The molecule has 0 aromatic heterocycles. The molecule has 0 aliphatic rings. The van der Waals surface area contributed by atoms with Gasteiger partial charge in [-0.1, -0.05) is 53.6 Å². The summed E-state index contributed by atoms with van der Waals surface area (Å²) >= 11 is 6.42. The van der Waals surface area contributed by atoms with Crippen molar-refractivity contribution in [3.8, 4) is 0 Å². The van der Waals surface area contributed by atoms with Gasteiger partial charge in [0.25, 0.3) is 10.0 Å². The second-order valence-corrected chi connectivity index (χ2v) is 13.4. The Morgan fingerprint density at radius 2 is 1.55 bits per heavy atom. The van der Waals surface area contributed by atoms with Gasteiger partial charge >= 0.3 is 0 Å². The van der Waals surface area contributed by atoms with Gasteiger partial charge in [0.1, 0.15) is 12.6 Å². The number of anilines is 1. The van der Waals surface area contributed by atoms with Gasteiger partial charge < -0.3 is 10.2 Å². The van der Waals surface area contributed by atoms with E-state index in [0.29, 0.717) is 16.3 Å². The minimum absolute atomic E-state index is 0.0303. The predicted octanol–water partition coefficient (Wildman–Crippen LogP) is 5.79. The maximum Gasteiger partial charge on any atom is 0.264 e. The zero-order chi connectivity index (χ0) is 29.8. The van der Waals surface area contributed by atoms with Crippen molar-refractivity contribution in [3.63, 3.8) is 0 Å². The van der Waals surface area contributed by atoms with Crippen LogP contribution in [-0.2, 0) is 26.2 Å². The molecule has 0 saturated heterocycles. The van der Waals surface area contributed by atoms with Crippen LogP contribution in [-0.4, -0.2) is 43.3 Å². The number of amides is 2. The quantitative estimate of drug-likeness (QED) is 0.345. The van der Waals surface area contributed by atoms with E-state index >= 15 is 0 Å². The number of sulfonamides is 1. The van der Waals surface area contributed by atoms with Gasteiger partial charge in [0.15, 0.2) is 0 Å². The Balaban J connectivity index is 2.08. The molecule has 0 bridgehead atoms. The zero-order valence-electron chi connectivity index (χ0n) is 24.2. The first-order valence-corrected chi connectivity index (χ1v) is 14.9. The number of benzene rings is 3. The summed E-state index contributed by atoms with van der Waals surface area (Å²) in [5, 5.41) is 3.36. The fourth-order valence-corrected chi connectivity index (χ4v) is 5.72. The van der Waals surface area contributed by atoms with Gasteiger partial charge in [0.2, 0.25) is 11.8 Å². The largest absolute Gasteiger partial charge is 0.350 e. The molecule has 2 amide bonds. The van der Waals surface area contributed by atoms with Crippen LogP contribution < -0.4 is 9.62 Å². The van der Waals surface area contributed by atoms with E-state index in [0.717, 1.165) is 21.0 Å². The highest BCUT2D eigenvalue weighted by molar-refractivity contribution is 7.92. The smallest absolute Gasteiger partial charge is 0.264 e. The summed E-state index contributed by atoms with van der Waals surface area (Å²) in [6, 6.07) is 17.9. The zero-order valence-corrected chi connectivity index (χ0v) is 25.7. The highest BCUT2D eigenvalue weighted by atomic mass is 35.5. The standard InChI is InChI=1S/C31H38ClN3O4S/c1-21-12-16-27(17-13-21)40(38,39)35(26-15-14-22(2)23(3)18-26)20-29(36)34(19-25-10-8-9-11-28(25)32)24(4)30(37)33-31(5,6)7/h8-18,24H,19-20H2,1-7H3,(H,33,37)/t24-/m1/s1. The van der Waals surface area contributed by atoms with Gasteiger partial charge in [-0.25, -0.2) is 8.42 Å². The third kappa shape index (κ3) is 7.64. The Morgan fingerprint density at radius 1 is 0.925 bits per heavy atom. The molecule has 7 nitrogen and oxygen atoms in total. The van der Waals surface area contributed by atoms with Gasteiger partial charge in [-0.2, -0.15) is 0 Å². The Kier molecular flexibility index (Phi) is 9.69. The van der Waals surface area contributed by atoms with Crippen molar-refractivity contribution in [1.82, 2.24) is 10.2 Å². The number of hydrogen-bond donors (Lipinski definition) is 1. The van der Waals surface area contributed by atoms with Crippen LogP contribution in [0.1, 0.15) is 49.9 Å². The first-order valence-electron chi connectivity index (χ1n) is 13.1. The van der Waals surface area contributed by atoms with Crippen LogP contribution in [0.4, 0.5) is 5.69 Å². The van der Waals surface area contributed by atoms with Gasteiger partial charge in [-0.15, -0.1) is 0 Å². The minimum atomic E-state index is -4.13. The second kappa shape index (κ2) is 12.4. The van der Waals surface area contributed by atoms with Crippen molar-refractivity contribution in [2.24, 2.45) is 0 Å². The summed E-state index contributed by atoms with van der Waals surface area (Å²) in [6.07, 6.45) is 0.